The monoisotopic (exact) mass is 444 g/mol. The van der Waals surface area contributed by atoms with Crippen LogP contribution >= 0.6 is 0 Å². The minimum atomic E-state index is 0.107. The van der Waals surface area contributed by atoms with Crippen LogP contribution in [-0.4, -0.2) is 55.2 Å². The van der Waals surface area contributed by atoms with E-state index < -0.39 is 0 Å². The summed E-state index contributed by atoms with van der Waals surface area (Å²) in [6.07, 6.45) is 2.24. The summed E-state index contributed by atoms with van der Waals surface area (Å²) in [4.78, 5) is 22.7. The van der Waals surface area contributed by atoms with Crippen LogP contribution in [0.2, 0.25) is 0 Å². The van der Waals surface area contributed by atoms with E-state index >= 15 is 0 Å². The number of likely N-dealkylation sites (tertiary alicyclic amines) is 1. The number of nitrogens with two attached hydrogens (primary N) is 1. The fraction of sp³-hybridized carbons (Fsp3) is 0.407. The maximum atomic E-state index is 13.6. The number of fused-ring (bicyclic) bond motifs is 1. The zero-order valence-corrected chi connectivity index (χ0v) is 19.5. The van der Waals surface area contributed by atoms with Crippen LogP contribution in [0.3, 0.4) is 0 Å². The zero-order valence-electron chi connectivity index (χ0n) is 19.5. The number of carbonyl (C=O) groups excluding carboxylic acids is 1. The van der Waals surface area contributed by atoms with Crippen LogP contribution in [0.5, 0.6) is 0 Å². The van der Waals surface area contributed by atoms with Gasteiger partial charge in [0.05, 0.1) is 24.4 Å². The van der Waals surface area contributed by atoms with E-state index in [4.69, 9.17) is 15.5 Å². The van der Waals surface area contributed by atoms with Gasteiger partial charge >= 0.3 is 0 Å². The largest absolute Gasteiger partial charge is 0.382 e. The highest BCUT2D eigenvalue weighted by molar-refractivity contribution is 6.06. The molecule has 3 heterocycles. The van der Waals surface area contributed by atoms with E-state index in [0.29, 0.717) is 24.9 Å². The number of anilines is 2. The molecule has 2 fully saturated rings. The molecule has 6 nitrogen and oxygen atoms in total. The number of morpholine rings is 1. The van der Waals surface area contributed by atoms with Crippen molar-refractivity contribution < 1.29 is 9.53 Å². The third-order valence-electron chi connectivity index (χ3n) is 6.92. The van der Waals surface area contributed by atoms with Crippen molar-refractivity contribution in [3.05, 3.63) is 53.6 Å². The van der Waals surface area contributed by atoms with Crippen LogP contribution in [-0.2, 0) is 4.74 Å². The fourth-order valence-corrected chi connectivity index (χ4v) is 5.21. The van der Waals surface area contributed by atoms with Gasteiger partial charge in [0.25, 0.3) is 5.91 Å². The molecule has 2 N–H and O–H groups in total. The molecule has 0 saturated carbocycles. The number of amides is 1. The lowest BCUT2D eigenvalue weighted by Crippen LogP contribution is -2.39. The van der Waals surface area contributed by atoms with Crippen molar-refractivity contribution in [2.75, 3.05) is 50.0 Å². The summed E-state index contributed by atoms with van der Waals surface area (Å²) in [6, 6.07) is 14.3. The molecule has 0 radical (unpaired) electrons. The molecule has 0 aliphatic carbocycles. The van der Waals surface area contributed by atoms with Gasteiger partial charge in [-0.15, -0.1) is 0 Å². The Morgan fingerprint density at radius 1 is 1.12 bits per heavy atom. The van der Waals surface area contributed by atoms with Crippen LogP contribution in [0, 0.1) is 12.8 Å². The Kier molecular flexibility index (Phi) is 5.94. The topological polar surface area (TPSA) is 71.7 Å². The highest BCUT2D eigenvalue weighted by Crippen LogP contribution is 2.36. The first-order chi connectivity index (χ1) is 16.0. The first kappa shape index (κ1) is 21.7. The molecular formula is C27H32N4O2. The van der Waals surface area contributed by atoms with E-state index in [1.54, 1.807) is 0 Å². The van der Waals surface area contributed by atoms with Crippen LogP contribution in [0.25, 0.3) is 22.0 Å². The lowest BCUT2D eigenvalue weighted by atomic mass is 9.91. The van der Waals surface area contributed by atoms with Crippen LogP contribution in [0.1, 0.15) is 35.7 Å². The van der Waals surface area contributed by atoms with E-state index in [1.165, 1.54) is 6.42 Å². The molecule has 0 spiro atoms. The molecule has 3 aromatic rings. The maximum Gasteiger partial charge on any atom is 0.254 e. The summed E-state index contributed by atoms with van der Waals surface area (Å²) in [7, 11) is 0. The molecule has 2 aliphatic rings. The molecule has 33 heavy (non-hydrogen) atoms. The van der Waals surface area contributed by atoms with Crippen molar-refractivity contribution >= 4 is 28.3 Å². The third-order valence-corrected chi connectivity index (χ3v) is 6.92. The Balaban J connectivity index is 1.61. The van der Waals surface area contributed by atoms with Gasteiger partial charge in [-0.1, -0.05) is 37.3 Å². The van der Waals surface area contributed by atoms with Crippen molar-refractivity contribution in [1.82, 2.24) is 9.88 Å². The van der Waals surface area contributed by atoms with E-state index in [2.05, 4.69) is 43.0 Å². The molecule has 2 aromatic carbocycles. The second-order valence-corrected chi connectivity index (χ2v) is 9.37. The smallest absolute Gasteiger partial charge is 0.254 e. The molecule has 2 aliphatic heterocycles. The van der Waals surface area contributed by atoms with Crippen LogP contribution < -0.4 is 10.6 Å². The number of nitrogen functional groups attached to an aromatic ring is 1. The standard InChI is InChI=1S/C27H32N4O2/c1-18-6-5-11-31(17-18)27(32)22-10-3-7-19(2)24(22)21-9-4-8-20-16-23(26(28)29-25(20)21)30-12-14-33-15-13-30/h3-4,7-10,16,18H,5-6,11-15,17H2,1-2H3,(H2,28,29). The van der Waals surface area contributed by atoms with E-state index in [-0.39, 0.29) is 5.91 Å². The number of pyridine rings is 1. The van der Waals surface area contributed by atoms with Gasteiger partial charge in [0, 0.05) is 42.7 Å². The average molecular weight is 445 g/mol. The molecule has 1 aromatic heterocycles. The Bertz CT molecular complexity index is 1190. The number of rotatable bonds is 3. The van der Waals surface area contributed by atoms with Gasteiger partial charge in [-0.25, -0.2) is 4.98 Å². The van der Waals surface area contributed by atoms with Crippen molar-refractivity contribution in [3.8, 4) is 11.1 Å². The third kappa shape index (κ3) is 4.15. The van der Waals surface area contributed by atoms with Crippen molar-refractivity contribution in [3.63, 3.8) is 0 Å². The predicted molar refractivity (Wildman–Crippen MR) is 134 cm³/mol. The van der Waals surface area contributed by atoms with Crippen molar-refractivity contribution in [2.45, 2.75) is 26.7 Å². The van der Waals surface area contributed by atoms with Crippen LogP contribution in [0.4, 0.5) is 11.5 Å². The first-order valence-corrected chi connectivity index (χ1v) is 11.9. The van der Waals surface area contributed by atoms with Gasteiger partial charge in [0.1, 0.15) is 5.82 Å². The lowest BCUT2D eigenvalue weighted by Gasteiger charge is -2.32. The minimum Gasteiger partial charge on any atom is -0.382 e. The van der Waals surface area contributed by atoms with Crippen molar-refractivity contribution in [1.29, 1.82) is 0 Å². The molecule has 5 rings (SSSR count). The molecule has 0 bridgehead atoms. The predicted octanol–water partition coefficient (Wildman–Crippen LogP) is 4.50. The SMILES string of the molecule is Cc1cccc(C(=O)N2CCCC(C)C2)c1-c1cccc2cc(N3CCOCC3)c(N)nc12. The number of aryl methyl sites for hydroxylation is 1. The van der Waals surface area contributed by atoms with Gasteiger partial charge in [0.15, 0.2) is 0 Å². The molecular weight excluding hydrogens is 412 g/mol. The molecule has 2 saturated heterocycles. The number of hydrogen-bond donors (Lipinski definition) is 1. The Labute approximate surface area is 195 Å². The Morgan fingerprint density at radius 3 is 2.70 bits per heavy atom. The summed E-state index contributed by atoms with van der Waals surface area (Å²) in [5.74, 6) is 1.16. The number of hydrogen-bond acceptors (Lipinski definition) is 5. The summed E-state index contributed by atoms with van der Waals surface area (Å²) in [6.45, 7) is 8.93. The number of ether oxygens (including phenoxy) is 1. The van der Waals surface area contributed by atoms with Crippen molar-refractivity contribution in [2.24, 2.45) is 5.92 Å². The molecule has 1 amide bonds. The van der Waals surface area contributed by atoms with E-state index in [0.717, 1.165) is 71.4 Å². The summed E-state index contributed by atoms with van der Waals surface area (Å²) in [5.41, 5.74) is 12.0. The highest BCUT2D eigenvalue weighted by Gasteiger charge is 2.26. The van der Waals surface area contributed by atoms with Gasteiger partial charge in [0.2, 0.25) is 0 Å². The van der Waals surface area contributed by atoms with Gasteiger partial charge in [-0.05, 0) is 48.9 Å². The number of nitrogens with zero attached hydrogens (tertiary/aromatic N) is 3. The minimum absolute atomic E-state index is 0.107. The average Bonchev–Trinajstić information content (AvgIpc) is 2.83. The Hall–Kier alpha value is -3.12. The summed E-state index contributed by atoms with van der Waals surface area (Å²) < 4.78 is 5.49. The molecule has 6 heteroatoms. The number of piperidine rings is 1. The number of benzene rings is 2. The fourth-order valence-electron chi connectivity index (χ4n) is 5.21. The molecule has 172 valence electrons. The normalized spacial score (nSPS) is 19.2. The number of para-hydroxylation sites is 1. The second kappa shape index (κ2) is 9.02. The van der Waals surface area contributed by atoms with Gasteiger partial charge in [-0.3, -0.25) is 4.79 Å². The van der Waals surface area contributed by atoms with Gasteiger partial charge < -0.3 is 20.3 Å². The first-order valence-electron chi connectivity index (χ1n) is 11.9. The highest BCUT2D eigenvalue weighted by atomic mass is 16.5. The van der Waals surface area contributed by atoms with Gasteiger partial charge in [-0.2, -0.15) is 0 Å². The summed E-state index contributed by atoms with van der Waals surface area (Å²) >= 11 is 0. The zero-order chi connectivity index (χ0) is 22.9. The van der Waals surface area contributed by atoms with E-state index in [1.807, 2.05) is 23.1 Å². The maximum absolute atomic E-state index is 13.6. The Morgan fingerprint density at radius 2 is 1.91 bits per heavy atom. The second-order valence-electron chi connectivity index (χ2n) is 9.37. The lowest BCUT2D eigenvalue weighted by molar-refractivity contribution is 0.0684. The number of aromatic nitrogens is 1. The van der Waals surface area contributed by atoms with E-state index in [9.17, 15) is 4.79 Å². The van der Waals surface area contributed by atoms with Crippen LogP contribution in [0.15, 0.2) is 42.5 Å². The number of carbonyl (C=O) groups is 1. The molecule has 1 unspecified atom stereocenters. The molecule has 1 atom stereocenters. The summed E-state index contributed by atoms with van der Waals surface area (Å²) in [5, 5.41) is 1.02. The quantitative estimate of drug-likeness (QED) is 0.644.